The van der Waals surface area contributed by atoms with E-state index in [4.69, 9.17) is 15.9 Å². The first kappa shape index (κ1) is 5.88. The minimum absolute atomic E-state index is 0.204. The molecule has 3 heteroatoms. The maximum atomic E-state index is 8.01. The minimum Gasteiger partial charge on any atom is -0.394 e. The molecular formula is C3H8NO2. The maximum absolute atomic E-state index is 8.01. The Labute approximate surface area is 36.4 Å². The van der Waals surface area contributed by atoms with Gasteiger partial charge in [-0.05, 0) is 0 Å². The van der Waals surface area contributed by atoms with Crippen LogP contribution >= 0.6 is 0 Å². The molecule has 0 aromatic heterocycles. The molecule has 0 aliphatic heterocycles. The third-order valence-electron chi connectivity index (χ3n) is 0.406. The smallest absolute Gasteiger partial charge is 0.0850 e. The van der Waals surface area contributed by atoms with Gasteiger partial charge in [-0.15, -0.1) is 0 Å². The van der Waals surface area contributed by atoms with Crippen molar-refractivity contribution in [3.63, 3.8) is 0 Å². The molecule has 0 spiro atoms. The fraction of sp³-hybridized carbons (Fsp3) is 0.667. The van der Waals surface area contributed by atoms with Crippen molar-refractivity contribution < 1.29 is 10.2 Å². The van der Waals surface area contributed by atoms with E-state index in [0.29, 0.717) is 0 Å². The molecule has 6 heavy (non-hydrogen) atoms. The minimum atomic E-state index is -0.226. The van der Waals surface area contributed by atoms with Crippen molar-refractivity contribution in [2.45, 2.75) is 0 Å². The van der Waals surface area contributed by atoms with Gasteiger partial charge in [0.15, 0.2) is 0 Å². The molecule has 3 nitrogen and oxygen atoms in total. The highest BCUT2D eigenvalue weighted by Crippen LogP contribution is 1.78. The average molecular weight is 90.1 g/mol. The first-order valence-electron chi connectivity index (χ1n) is 1.63. The van der Waals surface area contributed by atoms with Crippen LogP contribution in [0.5, 0.6) is 0 Å². The van der Waals surface area contributed by atoms with Gasteiger partial charge in [0.25, 0.3) is 0 Å². The molecule has 0 rings (SSSR count). The summed E-state index contributed by atoms with van der Waals surface area (Å²) in [5.41, 5.74) is 4.89. The largest absolute Gasteiger partial charge is 0.394 e. The molecule has 0 saturated carbocycles. The Bertz CT molecular complexity index is 28.0. The van der Waals surface area contributed by atoms with E-state index in [1.165, 1.54) is 0 Å². The molecule has 0 amide bonds. The highest BCUT2D eigenvalue weighted by Gasteiger charge is 1.93. The third kappa shape index (κ3) is 2.14. The summed E-state index contributed by atoms with van der Waals surface area (Å²) < 4.78 is 0. The number of aliphatic hydroxyl groups excluding tert-OH is 2. The van der Waals surface area contributed by atoms with Crippen molar-refractivity contribution in [2.24, 2.45) is 5.73 Å². The SMILES string of the molecule is N[C](CO)CO. The number of rotatable bonds is 2. The second-order valence-electron chi connectivity index (χ2n) is 0.974. The first-order chi connectivity index (χ1) is 2.81. The Hall–Kier alpha value is -0.120. The van der Waals surface area contributed by atoms with Crippen LogP contribution in [0.1, 0.15) is 0 Å². The second kappa shape index (κ2) is 3.08. The van der Waals surface area contributed by atoms with Gasteiger partial charge in [0, 0.05) is 0 Å². The highest BCUT2D eigenvalue weighted by molar-refractivity contribution is 4.77. The summed E-state index contributed by atoms with van der Waals surface area (Å²) in [5, 5.41) is 16.0. The second-order valence-corrected chi connectivity index (χ2v) is 0.974. The van der Waals surface area contributed by atoms with Crippen LogP contribution in [0.4, 0.5) is 0 Å². The summed E-state index contributed by atoms with van der Waals surface area (Å²) in [6.07, 6.45) is 0. The van der Waals surface area contributed by atoms with E-state index in [1.54, 1.807) is 0 Å². The predicted molar refractivity (Wildman–Crippen MR) is 21.6 cm³/mol. The van der Waals surface area contributed by atoms with Crippen molar-refractivity contribution in [3.8, 4) is 0 Å². The van der Waals surface area contributed by atoms with Crippen molar-refractivity contribution in [1.29, 1.82) is 0 Å². The first-order valence-corrected chi connectivity index (χ1v) is 1.63. The summed E-state index contributed by atoms with van der Waals surface area (Å²) in [5.74, 6) is 0. The van der Waals surface area contributed by atoms with Crippen LogP contribution in [-0.2, 0) is 0 Å². The molecule has 0 fully saturated rings. The van der Waals surface area contributed by atoms with Gasteiger partial charge in [-0.1, -0.05) is 0 Å². The van der Waals surface area contributed by atoms with Crippen LogP contribution in [0, 0.1) is 6.04 Å². The van der Waals surface area contributed by atoms with Gasteiger partial charge >= 0.3 is 0 Å². The molecule has 0 aliphatic carbocycles. The zero-order valence-electron chi connectivity index (χ0n) is 3.39. The van der Waals surface area contributed by atoms with Gasteiger partial charge in [-0.3, -0.25) is 0 Å². The van der Waals surface area contributed by atoms with Gasteiger partial charge in [-0.25, -0.2) is 0 Å². The van der Waals surface area contributed by atoms with Gasteiger partial charge in [0.05, 0.1) is 19.3 Å². The molecule has 0 heterocycles. The highest BCUT2D eigenvalue weighted by atomic mass is 16.3. The zero-order chi connectivity index (χ0) is 4.99. The molecule has 0 atom stereocenters. The molecular weight excluding hydrogens is 82.0 g/mol. The fourth-order valence-electron chi connectivity index (χ4n) is 0.0500. The van der Waals surface area contributed by atoms with E-state index in [-0.39, 0.29) is 19.3 Å². The van der Waals surface area contributed by atoms with Gasteiger partial charge in [-0.2, -0.15) is 0 Å². The Balaban J connectivity index is 2.75. The summed E-state index contributed by atoms with van der Waals surface area (Å²) >= 11 is 0. The molecule has 0 aromatic rings. The molecule has 4 N–H and O–H groups in total. The van der Waals surface area contributed by atoms with Crippen LogP contribution < -0.4 is 5.73 Å². The van der Waals surface area contributed by atoms with E-state index in [0.717, 1.165) is 0 Å². The van der Waals surface area contributed by atoms with Crippen molar-refractivity contribution in [1.82, 2.24) is 0 Å². The summed E-state index contributed by atoms with van der Waals surface area (Å²) in [7, 11) is 0. The van der Waals surface area contributed by atoms with E-state index >= 15 is 0 Å². The Kier molecular flexibility index (Phi) is 3.02. The maximum Gasteiger partial charge on any atom is 0.0850 e. The summed E-state index contributed by atoms with van der Waals surface area (Å²) in [4.78, 5) is 0. The molecule has 0 saturated heterocycles. The van der Waals surface area contributed by atoms with Crippen molar-refractivity contribution in [3.05, 3.63) is 6.04 Å². The number of hydrogen-bond acceptors (Lipinski definition) is 3. The lowest BCUT2D eigenvalue weighted by atomic mass is 10.4. The lowest BCUT2D eigenvalue weighted by Gasteiger charge is -1.96. The summed E-state index contributed by atoms with van der Waals surface area (Å²) in [6.45, 7) is -0.451. The van der Waals surface area contributed by atoms with E-state index in [9.17, 15) is 0 Å². The molecule has 37 valence electrons. The van der Waals surface area contributed by atoms with Crippen LogP contribution in [-0.4, -0.2) is 23.4 Å². The Morgan fingerprint density at radius 1 is 1.33 bits per heavy atom. The molecule has 0 aromatic carbocycles. The van der Waals surface area contributed by atoms with E-state index < -0.39 is 0 Å². The quantitative estimate of drug-likeness (QED) is 0.385. The van der Waals surface area contributed by atoms with Crippen LogP contribution in [0.15, 0.2) is 0 Å². The van der Waals surface area contributed by atoms with Crippen LogP contribution in [0.2, 0.25) is 0 Å². The topological polar surface area (TPSA) is 66.5 Å². The monoisotopic (exact) mass is 90.1 g/mol. The molecule has 0 bridgehead atoms. The third-order valence-corrected chi connectivity index (χ3v) is 0.406. The lowest BCUT2D eigenvalue weighted by molar-refractivity contribution is 0.241. The van der Waals surface area contributed by atoms with Gasteiger partial charge < -0.3 is 15.9 Å². The van der Waals surface area contributed by atoms with Crippen LogP contribution in [0.25, 0.3) is 0 Å². The number of nitrogens with two attached hydrogens (primary N) is 1. The van der Waals surface area contributed by atoms with Gasteiger partial charge in [0.1, 0.15) is 0 Å². The zero-order valence-corrected chi connectivity index (χ0v) is 3.39. The Morgan fingerprint density at radius 2 is 1.67 bits per heavy atom. The molecule has 0 aliphatic rings. The normalized spacial score (nSPS) is 10.0. The average Bonchev–Trinajstić information content (AvgIpc) is 1.65. The predicted octanol–water partition coefficient (Wildman–Crippen LogP) is -1.54. The van der Waals surface area contributed by atoms with Crippen molar-refractivity contribution >= 4 is 0 Å². The van der Waals surface area contributed by atoms with Gasteiger partial charge in [0.2, 0.25) is 0 Å². The molecule has 1 radical (unpaired) electrons. The lowest BCUT2D eigenvalue weighted by Crippen LogP contribution is -2.17. The molecule has 0 unspecified atom stereocenters. The Morgan fingerprint density at radius 3 is 1.67 bits per heavy atom. The number of hydrogen-bond donors (Lipinski definition) is 3. The standard InChI is InChI=1S/C3H8NO2/c4-3(1-5)2-6/h5-6H,1-2,4H2. The van der Waals surface area contributed by atoms with Crippen LogP contribution in [0.3, 0.4) is 0 Å². The van der Waals surface area contributed by atoms with Crippen molar-refractivity contribution in [2.75, 3.05) is 13.2 Å². The number of aliphatic hydroxyl groups is 2. The fourth-order valence-corrected chi connectivity index (χ4v) is 0.0500. The summed E-state index contributed by atoms with van der Waals surface area (Å²) in [6, 6.07) is 0.204. The van der Waals surface area contributed by atoms with E-state index in [1.807, 2.05) is 0 Å². The van der Waals surface area contributed by atoms with E-state index in [2.05, 4.69) is 0 Å².